The summed E-state index contributed by atoms with van der Waals surface area (Å²) in [6.07, 6.45) is 0. The summed E-state index contributed by atoms with van der Waals surface area (Å²) in [7, 11) is 0. The van der Waals surface area contributed by atoms with Gasteiger partial charge >= 0.3 is 0 Å². The highest BCUT2D eigenvalue weighted by atomic mass is 16.1. The van der Waals surface area contributed by atoms with Gasteiger partial charge in [-0.25, -0.2) is 0 Å². The van der Waals surface area contributed by atoms with Gasteiger partial charge in [0.05, 0.1) is 6.04 Å². The highest BCUT2D eigenvalue weighted by Crippen LogP contribution is 2.22. The van der Waals surface area contributed by atoms with Crippen LogP contribution in [0.15, 0.2) is 84.9 Å². The molecule has 0 atom stereocenters. The predicted octanol–water partition coefficient (Wildman–Crippen LogP) is 5.05. The van der Waals surface area contributed by atoms with Gasteiger partial charge in [0.15, 0.2) is 0 Å². The van der Waals surface area contributed by atoms with Crippen LogP contribution < -0.4 is 5.32 Å². The van der Waals surface area contributed by atoms with Gasteiger partial charge < -0.3 is 5.32 Å². The molecule has 1 amide bonds. The van der Waals surface area contributed by atoms with E-state index in [1.807, 2.05) is 84.9 Å². The van der Waals surface area contributed by atoms with Gasteiger partial charge in [0.2, 0.25) is 0 Å². The molecule has 3 aromatic carbocycles. The van der Waals surface area contributed by atoms with E-state index in [2.05, 4.69) is 24.1 Å². The molecule has 0 spiro atoms. The van der Waals surface area contributed by atoms with Crippen molar-refractivity contribution in [3.05, 3.63) is 107 Å². The van der Waals surface area contributed by atoms with E-state index in [1.54, 1.807) is 0 Å². The lowest BCUT2D eigenvalue weighted by molar-refractivity contribution is 0.0943. The lowest BCUT2D eigenvalue weighted by atomic mass is 9.98. The lowest BCUT2D eigenvalue weighted by Crippen LogP contribution is -2.29. The zero-order valence-corrected chi connectivity index (χ0v) is 16.6. The highest BCUT2D eigenvalue weighted by Gasteiger charge is 2.17. The molecule has 0 heterocycles. The van der Waals surface area contributed by atoms with E-state index in [4.69, 9.17) is 0 Å². The summed E-state index contributed by atoms with van der Waals surface area (Å²) < 4.78 is 0. The van der Waals surface area contributed by atoms with Crippen molar-refractivity contribution in [2.24, 2.45) is 0 Å². The van der Waals surface area contributed by atoms with Crippen LogP contribution in [-0.2, 0) is 6.54 Å². The minimum absolute atomic E-state index is 0.0629. The summed E-state index contributed by atoms with van der Waals surface area (Å²) in [5.41, 5.74) is 4.04. The van der Waals surface area contributed by atoms with Crippen LogP contribution in [0.1, 0.15) is 46.9 Å². The Labute approximate surface area is 168 Å². The maximum atomic E-state index is 12.9. The largest absolute Gasteiger partial charge is 0.341 e. The van der Waals surface area contributed by atoms with Gasteiger partial charge in [-0.05, 0) is 41.9 Å². The number of nitrogens with zero attached hydrogens (tertiary/aromatic N) is 1. The third kappa shape index (κ3) is 5.08. The first-order valence-corrected chi connectivity index (χ1v) is 9.93. The van der Waals surface area contributed by atoms with Crippen LogP contribution >= 0.6 is 0 Å². The fraction of sp³-hybridized carbons (Fsp3) is 0.240. The molecule has 0 unspecified atom stereocenters. The van der Waals surface area contributed by atoms with Gasteiger partial charge in [-0.2, -0.15) is 0 Å². The monoisotopic (exact) mass is 372 g/mol. The van der Waals surface area contributed by atoms with E-state index in [0.29, 0.717) is 5.56 Å². The van der Waals surface area contributed by atoms with Crippen LogP contribution in [0, 0.1) is 0 Å². The van der Waals surface area contributed by atoms with E-state index in [0.717, 1.165) is 30.8 Å². The molecule has 0 saturated carbocycles. The Morgan fingerprint density at radius 1 is 0.786 bits per heavy atom. The van der Waals surface area contributed by atoms with Crippen LogP contribution in [0.3, 0.4) is 0 Å². The summed E-state index contributed by atoms with van der Waals surface area (Å²) in [6.45, 7) is 7.28. The minimum Gasteiger partial charge on any atom is -0.341 e. The predicted molar refractivity (Wildman–Crippen MR) is 115 cm³/mol. The summed E-state index contributed by atoms with van der Waals surface area (Å²) in [5.74, 6) is -0.0629. The number of hydrogen-bond acceptors (Lipinski definition) is 2. The smallest absolute Gasteiger partial charge is 0.252 e. The van der Waals surface area contributed by atoms with Crippen molar-refractivity contribution in [1.29, 1.82) is 0 Å². The van der Waals surface area contributed by atoms with Crippen molar-refractivity contribution >= 4 is 5.91 Å². The molecule has 3 nitrogen and oxygen atoms in total. The number of nitrogens with one attached hydrogen (secondary N) is 1. The van der Waals surface area contributed by atoms with Crippen molar-refractivity contribution in [2.45, 2.75) is 26.4 Å². The first-order valence-electron chi connectivity index (χ1n) is 9.93. The van der Waals surface area contributed by atoms with Gasteiger partial charge in [0.25, 0.3) is 5.91 Å². The number of amides is 1. The molecule has 3 aromatic rings. The maximum absolute atomic E-state index is 12.9. The van der Waals surface area contributed by atoms with E-state index < -0.39 is 0 Å². The quantitative estimate of drug-likeness (QED) is 0.600. The zero-order valence-electron chi connectivity index (χ0n) is 16.6. The topological polar surface area (TPSA) is 32.3 Å². The second-order valence-electron chi connectivity index (χ2n) is 6.89. The molecule has 0 aromatic heterocycles. The Morgan fingerprint density at radius 3 is 1.75 bits per heavy atom. The first-order chi connectivity index (χ1) is 13.7. The molecule has 1 N–H and O–H groups in total. The van der Waals surface area contributed by atoms with Gasteiger partial charge in [-0.1, -0.05) is 86.6 Å². The minimum atomic E-state index is -0.176. The normalized spacial score (nSPS) is 11.0. The molecule has 0 radical (unpaired) electrons. The Morgan fingerprint density at radius 2 is 1.29 bits per heavy atom. The highest BCUT2D eigenvalue weighted by molar-refractivity contribution is 5.94. The molecule has 0 saturated heterocycles. The molecular formula is C25H28N2O. The summed E-state index contributed by atoms with van der Waals surface area (Å²) in [5, 5.41) is 3.20. The molecule has 0 bridgehead atoms. The third-order valence-corrected chi connectivity index (χ3v) is 5.06. The van der Waals surface area contributed by atoms with Crippen molar-refractivity contribution in [3.63, 3.8) is 0 Å². The van der Waals surface area contributed by atoms with E-state index >= 15 is 0 Å². The molecule has 28 heavy (non-hydrogen) atoms. The van der Waals surface area contributed by atoms with E-state index in [9.17, 15) is 4.79 Å². The fourth-order valence-electron chi connectivity index (χ4n) is 3.33. The van der Waals surface area contributed by atoms with Gasteiger partial charge in [0.1, 0.15) is 0 Å². The Kier molecular flexibility index (Phi) is 6.99. The number of carbonyl (C=O) groups is 1. The van der Waals surface area contributed by atoms with Crippen LogP contribution in [-0.4, -0.2) is 23.9 Å². The van der Waals surface area contributed by atoms with Gasteiger partial charge in [0, 0.05) is 12.1 Å². The van der Waals surface area contributed by atoms with Crippen molar-refractivity contribution in [1.82, 2.24) is 10.2 Å². The molecule has 0 aliphatic heterocycles. The van der Waals surface area contributed by atoms with Crippen LogP contribution in [0.4, 0.5) is 0 Å². The summed E-state index contributed by atoms with van der Waals surface area (Å²) in [4.78, 5) is 15.3. The number of carbonyl (C=O) groups excluding carboxylic acids is 1. The van der Waals surface area contributed by atoms with Crippen molar-refractivity contribution in [3.8, 4) is 0 Å². The maximum Gasteiger partial charge on any atom is 0.252 e. The Balaban J connectivity index is 1.77. The Bertz CT molecular complexity index is 817. The Hall–Kier alpha value is -2.91. The van der Waals surface area contributed by atoms with Crippen molar-refractivity contribution < 1.29 is 4.79 Å². The zero-order chi connectivity index (χ0) is 19.8. The molecule has 3 rings (SSSR count). The third-order valence-electron chi connectivity index (χ3n) is 5.06. The second-order valence-corrected chi connectivity index (χ2v) is 6.89. The second kappa shape index (κ2) is 9.86. The summed E-state index contributed by atoms with van der Waals surface area (Å²) in [6, 6.07) is 27.9. The van der Waals surface area contributed by atoms with Crippen LogP contribution in [0.2, 0.25) is 0 Å². The van der Waals surface area contributed by atoms with Gasteiger partial charge in [-0.3, -0.25) is 9.69 Å². The van der Waals surface area contributed by atoms with Gasteiger partial charge in [-0.15, -0.1) is 0 Å². The number of hydrogen-bond donors (Lipinski definition) is 1. The molecule has 144 valence electrons. The lowest BCUT2D eigenvalue weighted by Gasteiger charge is -2.20. The average molecular weight is 373 g/mol. The first kappa shape index (κ1) is 19.8. The SMILES string of the molecule is CCN(CC)Cc1ccc(C(=O)NC(c2ccccc2)c2ccccc2)cc1. The molecular weight excluding hydrogens is 344 g/mol. The molecule has 0 aliphatic carbocycles. The standard InChI is InChI=1S/C25H28N2O/c1-3-27(4-2)19-20-15-17-23(18-16-20)25(28)26-24(21-11-7-5-8-12-21)22-13-9-6-10-14-22/h5-18,24H,3-4,19H2,1-2H3,(H,26,28). The van der Waals surface area contributed by atoms with Crippen molar-refractivity contribution in [2.75, 3.05) is 13.1 Å². The van der Waals surface area contributed by atoms with Crippen LogP contribution in [0.5, 0.6) is 0 Å². The van der Waals surface area contributed by atoms with E-state index in [-0.39, 0.29) is 11.9 Å². The number of rotatable bonds is 8. The number of benzene rings is 3. The summed E-state index contributed by atoms with van der Waals surface area (Å²) >= 11 is 0. The molecule has 0 aliphatic rings. The molecule has 3 heteroatoms. The molecule has 0 fully saturated rings. The average Bonchev–Trinajstić information content (AvgIpc) is 2.77. The van der Waals surface area contributed by atoms with E-state index in [1.165, 1.54) is 5.56 Å². The fourth-order valence-corrected chi connectivity index (χ4v) is 3.33. The van der Waals surface area contributed by atoms with Crippen LogP contribution in [0.25, 0.3) is 0 Å².